The van der Waals surface area contributed by atoms with Gasteiger partial charge in [-0.1, -0.05) is 23.7 Å². The highest BCUT2D eigenvalue weighted by molar-refractivity contribution is 6.31. The van der Waals surface area contributed by atoms with Gasteiger partial charge >= 0.3 is 0 Å². The van der Waals surface area contributed by atoms with Crippen molar-refractivity contribution in [1.29, 1.82) is 0 Å². The first-order chi connectivity index (χ1) is 10.1. The monoisotopic (exact) mass is 306 g/mol. The Bertz CT molecular complexity index is 657. The Kier molecular flexibility index (Phi) is 4.13. The fourth-order valence-electron chi connectivity index (χ4n) is 2.64. The van der Waals surface area contributed by atoms with Crippen LogP contribution in [0.5, 0.6) is 5.75 Å². The van der Waals surface area contributed by atoms with E-state index in [0.717, 1.165) is 30.4 Å². The highest BCUT2D eigenvalue weighted by atomic mass is 35.5. The number of fused-ring (bicyclic) bond motifs is 1. The van der Waals surface area contributed by atoms with Crippen LogP contribution in [0.1, 0.15) is 35.6 Å². The molecule has 1 aliphatic rings. The maximum Gasteiger partial charge on any atom is 0.124 e. The average Bonchev–Trinajstić information content (AvgIpc) is 2.47. The number of aliphatic hydroxyl groups is 1. The van der Waals surface area contributed by atoms with E-state index in [1.807, 2.05) is 18.2 Å². The van der Waals surface area contributed by atoms with Crippen molar-refractivity contribution < 1.29 is 14.2 Å². The lowest BCUT2D eigenvalue weighted by Crippen LogP contribution is -2.09. The van der Waals surface area contributed by atoms with Crippen LogP contribution in [-0.4, -0.2) is 5.11 Å². The van der Waals surface area contributed by atoms with Gasteiger partial charge in [0, 0.05) is 5.56 Å². The van der Waals surface area contributed by atoms with E-state index in [2.05, 4.69) is 0 Å². The van der Waals surface area contributed by atoms with Crippen LogP contribution < -0.4 is 4.74 Å². The molecular formula is C17H16ClFO2. The van der Waals surface area contributed by atoms with Gasteiger partial charge in [0.05, 0.1) is 11.1 Å². The van der Waals surface area contributed by atoms with Crippen LogP contribution in [0.4, 0.5) is 4.39 Å². The van der Waals surface area contributed by atoms with Crippen LogP contribution in [0.15, 0.2) is 36.4 Å². The van der Waals surface area contributed by atoms with E-state index in [9.17, 15) is 9.50 Å². The molecule has 0 spiro atoms. The second-order valence-electron chi connectivity index (χ2n) is 5.29. The van der Waals surface area contributed by atoms with Gasteiger partial charge in [-0.2, -0.15) is 0 Å². The van der Waals surface area contributed by atoms with Crippen molar-refractivity contribution in [2.45, 2.75) is 32.0 Å². The number of aliphatic hydroxyl groups excluding tert-OH is 1. The van der Waals surface area contributed by atoms with Crippen LogP contribution in [0.2, 0.25) is 5.02 Å². The lowest BCUT2D eigenvalue weighted by Gasteiger charge is -2.22. The van der Waals surface area contributed by atoms with E-state index < -0.39 is 6.10 Å². The van der Waals surface area contributed by atoms with Gasteiger partial charge in [0.2, 0.25) is 0 Å². The predicted molar refractivity (Wildman–Crippen MR) is 80.1 cm³/mol. The van der Waals surface area contributed by atoms with Gasteiger partial charge < -0.3 is 9.84 Å². The predicted octanol–water partition coefficient (Wildman–Crippen LogP) is 4.43. The minimum atomic E-state index is -0.410. The Morgan fingerprint density at radius 3 is 2.90 bits per heavy atom. The normalized spacial score (nSPS) is 17.4. The summed E-state index contributed by atoms with van der Waals surface area (Å²) in [6.45, 7) is 0.272. The number of rotatable bonds is 3. The lowest BCUT2D eigenvalue weighted by molar-refractivity contribution is 0.156. The van der Waals surface area contributed by atoms with Crippen molar-refractivity contribution in [3.8, 4) is 5.75 Å². The fraction of sp³-hybridized carbons (Fsp3) is 0.294. The molecule has 0 bridgehead atoms. The summed E-state index contributed by atoms with van der Waals surface area (Å²) in [6, 6.07) is 10.0. The molecule has 3 rings (SSSR count). The van der Waals surface area contributed by atoms with Crippen molar-refractivity contribution in [2.24, 2.45) is 0 Å². The van der Waals surface area contributed by atoms with E-state index in [4.69, 9.17) is 16.3 Å². The molecule has 1 aliphatic carbocycles. The summed E-state index contributed by atoms with van der Waals surface area (Å²) in [5.74, 6) is 0.329. The Hall–Kier alpha value is -1.58. The van der Waals surface area contributed by atoms with E-state index >= 15 is 0 Å². The second-order valence-corrected chi connectivity index (χ2v) is 5.70. The minimum Gasteiger partial charge on any atom is -0.489 e. The van der Waals surface area contributed by atoms with Crippen LogP contribution in [0, 0.1) is 5.82 Å². The summed E-state index contributed by atoms with van der Waals surface area (Å²) in [7, 11) is 0. The van der Waals surface area contributed by atoms with Crippen LogP contribution >= 0.6 is 11.6 Å². The Labute approximate surface area is 128 Å². The van der Waals surface area contributed by atoms with Crippen molar-refractivity contribution in [3.63, 3.8) is 0 Å². The summed E-state index contributed by atoms with van der Waals surface area (Å²) >= 11 is 5.97. The molecule has 1 N–H and O–H groups in total. The molecule has 0 saturated carbocycles. The van der Waals surface area contributed by atoms with Crippen molar-refractivity contribution in [2.75, 3.05) is 0 Å². The molecule has 21 heavy (non-hydrogen) atoms. The van der Waals surface area contributed by atoms with Gasteiger partial charge in [-0.25, -0.2) is 4.39 Å². The molecule has 0 aliphatic heterocycles. The molecule has 0 radical (unpaired) electrons. The first kappa shape index (κ1) is 14.4. The van der Waals surface area contributed by atoms with Crippen LogP contribution in [0.3, 0.4) is 0 Å². The lowest BCUT2D eigenvalue weighted by atomic mass is 9.89. The number of hydrogen-bond donors (Lipinski definition) is 1. The standard InChI is InChI=1S/C17H16ClFO2/c18-16-8-13(19)6-4-12(16)10-21-14-7-5-11-2-1-3-17(20)15(11)9-14/h4-9,17,20H,1-3,10H2. The fourth-order valence-corrected chi connectivity index (χ4v) is 2.86. The maximum absolute atomic E-state index is 13.0. The minimum absolute atomic E-state index is 0.272. The van der Waals surface area contributed by atoms with Crippen molar-refractivity contribution in [1.82, 2.24) is 0 Å². The molecule has 4 heteroatoms. The van der Waals surface area contributed by atoms with E-state index in [1.165, 1.54) is 17.7 Å². The molecule has 110 valence electrons. The second kappa shape index (κ2) is 6.04. The van der Waals surface area contributed by atoms with Crippen LogP contribution in [0.25, 0.3) is 0 Å². The van der Waals surface area contributed by atoms with Crippen molar-refractivity contribution >= 4 is 11.6 Å². The smallest absolute Gasteiger partial charge is 0.124 e. The zero-order chi connectivity index (χ0) is 14.8. The van der Waals surface area contributed by atoms with Crippen molar-refractivity contribution in [3.05, 3.63) is 63.9 Å². The first-order valence-corrected chi connectivity index (χ1v) is 7.39. The van der Waals surface area contributed by atoms with Gasteiger partial charge in [0.15, 0.2) is 0 Å². The number of aryl methyl sites for hydroxylation is 1. The Balaban J connectivity index is 1.75. The third-order valence-electron chi connectivity index (χ3n) is 3.81. The summed E-state index contributed by atoms with van der Waals surface area (Å²) in [5.41, 5.74) is 2.86. The average molecular weight is 307 g/mol. The zero-order valence-corrected chi connectivity index (χ0v) is 12.2. The first-order valence-electron chi connectivity index (χ1n) is 7.01. The molecule has 0 amide bonds. The zero-order valence-electron chi connectivity index (χ0n) is 11.5. The third kappa shape index (κ3) is 3.20. The third-order valence-corrected chi connectivity index (χ3v) is 4.16. The van der Waals surface area contributed by atoms with Gasteiger partial charge in [-0.05, 0) is 54.7 Å². The van der Waals surface area contributed by atoms with E-state index in [-0.39, 0.29) is 12.4 Å². The Morgan fingerprint density at radius 2 is 2.10 bits per heavy atom. The SMILES string of the molecule is OC1CCCc2ccc(OCc3ccc(F)cc3Cl)cc21. The summed E-state index contributed by atoms with van der Waals surface area (Å²) < 4.78 is 18.7. The molecule has 1 atom stereocenters. The summed E-state index contributed by atoms with van der Waals surface area (Å²) in [4.78, 5) is 0. The van der Waals surface area contributed by atoms with Gasteiger partial charge in [-0.15, -0.1) is 0 Å². The highest BCUT2D eigenvalue weighted by Crippen LogP contribution is 2.32. The largest absolute Gasteiger partial charge is 0.489 e. The number of halogens is 2. The van der Waals surface area contributed by atoms with E-state index in [0.29, 0.717) is 10.8 Å². The molecule has 0 saturated heterocycles. The summed E-state index contributed by atoms with van der Waals surface area (Å²) in [5, 5.41) is 10.4. The molecule has 0 heterocycles. The molecular weight excluding hydrogens is 291 g/mol. The maximum atomic E-state index is 13.0. The highest BCUT2D eigenvalue weighted by Gasteiger charge is 2.18. The topological polar surface area (TPSA) is 29.5 Å². The molecule has 2 nitrogen and oxygen atoms in total. The van der Waals surface area contributed by atoms with Gasteiger partial charge in [0.25, 0.3) is 0 Å². The van der Waals surface area contributed by atoms with Gasteiger partial charge in [0.1, 0.15) is 18.2 Å². The molecule has 2 aromatic rings. The quantitative estimate of drug-likeness (QED) is 0.909. The molecule has 1 unspecified atom stereocenters. The number of hydrogen-bond acceptors (Lipinski definition) is 2. The molecule has 0 aromatic heterocycles. The molecule has 2 aromatic carbocycles. The number of ether oxygens (including phenoxy) is 1. The summed E-state index contributed by atoms with van der Waals surface area (Å²) in [6.07, 6.45) is 2.39. The number of benzene rings is 2. The molecule has 0 fully saturated rings. The van der Waals surface area contributed by atoms with Crippen LogP contribution in [-0.2, 0) is 13.0 Å². The van der Waals surface area contributed by atoms with Gasteiger partial charge in [-0.3, -0.25) is 0 Å². The Morgan fingerprint density at radius 1 is 1.24 bits per heavy atom. The van der Waals surface area contributed by atoms with E-state index in [1.54, 1.807) is 6.07 Å².